The Morgan fingerprint density at radius 3 is 2.54 bits per heavy atom. The number of anilines is 2. The number of hydrogen-bond donors (Lipinski definition) is 2. The van der Waals surface area contributed by atoms with Gasteiger partial charge in [-0.15, -0.1) is 0 Å². The lowest BCUT2D eigenvalue weighted by atomic mass is 10.1. The SMILES string of the molecule is Cc1c(C=O)ccc(N(C)N)c1N. The summed E-state index contributed by atoms with van der Waals surface area (Å²) >= 11 is 0. The predicted molar refractivity (Wildman–Crippen MR) is 53.6 cm³/mol. The van der Waals surface area contributed by atoms with Gasteiger partial charge >= 0.3 is 0 Å². The van der Waals surface area contributed by atoms with Gasteiger partial charge < -0.3 is 10.7 Å². The molecule has 13 heavy (non-hydrogen) atoms. The molecular weight excluding hydrogens is 166 g/mol. The fraction of sp³-hybridized carbons (Fsp3) is 0.222. The second-order valence-electron chi connectivity index (χ2n) is 2.94. The zero-order chi connectivity index (χ0) is 10.0. The van der Waals surface area contributed by atoms with E-state index >= 15 is 0 Å². The van der Waals surface area contributed by atoms with E-state index in [1.165, 1.54) is 5.01 Å². The summed E-state index contributed by atoms with van der Waals surface area (Å²) in [6, 6.07) is 3.43. The summed E-state index contributed by atoms with van der Waals surface area (Å²) in [6.07, 6.45) is 0.784. The van der Waals surface area contributed by atoms with E-state index in [-0.39, 0.29) is 0 Å². The van der Waals surface area contributed by atoms with E-state index in [0.717, 1.165) is 17.5 Å². The van der Waals surface area contributed by atoms with Crippen LogP contribution in [-0.4, -0.2) is 13.3 Å². The van der Waals surface area contributed by atoms with Gasteiger partial charge in [-0.3, -0.25) is 4.79 Å². The molecule has 70 valence electrons. The Bertz CT molecular complexity index is 334. The van der Waals surface area contributed by atoms with Crippen molar-refractivity contribution in [3.63, 3.8) is 0 Å². The number of nitrogen functional groups attached to an aromatic ring is 1. The van der Waals surface area contributed by atoms with Crippen LogP contribution in [0.2, 0.25) is 0 Å². The van der Waals surface area contributed by atoms with Crippen LogP contribution in [0, 0.1) is 6.92 Å². The molecule has 0 atom stereocenters. The second kappa shape index (κ2) is 3.45. The maximum absolute atomic E-state index is 10.6. The van der Waals surface area contributed by atoms with Crippen molar-refractivity contribution in [1.82, 2.24) is 0 Å². The van der Waals surface area contributed by atoms with Crippen LogP contribution >= 0.6 is 0 Å². The third kappa shape index (κ3) is 1.62. The minimum Gasteiger partial charge on any atom is -0.397 e. The van der Waals surface area contributed by atoms with Gasteiger partial charge in [-0.2, -0.15) is 0 Å². The summed E-state index contributed by atoms with van der Waals surface area (Å²) < 4.78 is 0. The topological polar surface area (TPSA) is 72.3 Å². The number of hydrogen-bond acceptors (Lipinski definition) is 4. The molecule has 0 heterocycles. The lowest BCUT2D eigenvalue weighted by Crippen LogP contribution is -2.26. The number of rotatable bonds is 2. The van der Waals surface area contributed by atoms with Crippen LogP contribution in [0.15, 0.2) is 12.1 Å². The Hall–Kier alpha value is -1.55. The number of benzene rings is 1. The first kappa shape index (κ1) is 9.54. The van der Waals surface area contributed by atoms with Crippen LogP contribution in [0.5, 0.6) is 0 Å². The highest BCUT2D eigenvalue weighted by atomic mass is 16.1. The molecule has 1 aromatic rings. The first-order chi connectivity index (χ1) is 6.07. The fourth-order valence-electron chi connectivity index (χ4n) is 1.17. The molecule has 0 bridgehead atoms. The molecule has 0 spiro atoms. The van der Waals surface area contributed by atoms with E-state index < -0.39 is 0 Å². The van der Waals surface area contributed by atoms with Crippen molar-refractivity contribution in [2.24, 2.45) is 5.84 Å². The van der Waals surface area contributed by atoms with Gasteiger partial charge in [0.2, 0.25) is 0 Å². The van der Waals surface area contributed by atoms with Gasteiger partial charge in [0, 0.05) is 12.6 Å². The molecule has 1 aromatic carbocycles. The molecule has 0 aliphatic rings. The van der Waals surface area contributed by atoms with E-state index in [1.807, 2.05) is 0 Å². The Labute approximate surface area is 77.1 Å². The molecule has 0 saturated carbocycles. The molecule has 0 amide bonds. The van der Waals surface area contributed by atoms with E-state index in [2.05, 4.69) is 0 Å². The Morgan fingerprint density at radius 1 is 1.46 bits per heavy atom. The molecule has 1 rings (SSSR count). The van der Waals surface area contributed by atoms with Crippen molar-refractivity contribution in [2.75, 3.05) is 17.8 Å². The molecule has 0 unspecified atom stereocenters. The third-order valence-corrected chi connectivity index (χ3v) is 2.04. The zero-order valence-electron chi connectivity index (χ0n) is 7.74. The smallest absolute Gasteiger partial charge is 0.150 e. The van der Waals surface area contributed by atoms with Gasteiger partial charge in [0.15, 0.2) is 0 Å². The molecular formula is C9H13N3O. The summed E-state index contributed by atoms with van der Waals surface area (Å²) in [4.78, 5) is 10.6. The van der Waals surface area contributed by atoms with E-state index in [9.17, 15) is 4.79 Å². The maximum atomic E-state index is 10.6. The normalized spacial score (nSPS) is 9.77. The number of aldehydes is 1. The largest absolute Gasteiger partial charge is 0.397 e. The van der Waals surface area contributed by atoms with Gasteiger partial charge in [-0.1, -0.05) is 0 Å². The van der Waals surface area contributed by atoms with Gasteiger partial charge in [0.25, 0.3) is 0 Å². The predicted octanol–water partition coefficient (Wildman–Crippen LogP) is 0.700. The first-order valence-electron chi connectivity index (χ1n) is 3.90. The fourth-order valence-corrected chi connectivity index (χ4v) is 1.17. The average Bonchev–Trinajstić information content (AvgIpc) is 2.09. The van der Waals surface area contributed by atoms with Crippen LogP contribution in [0.4, 0.5) is 11.4 Å². The average molecular weight is 179 g/mol. The summed E-state index contributed by atoms with van der Waals surface area (Å²) in [5, 5.41) is 1.43. The first-order valence-corrected chi connectivity index (χ1v) is 3.90. The monoisotopic (exact) mass is 179 g/mol. The van der Waals surface area contributed by atoms with E-state index in [4.69, 9.17) is 11.6 Å². The van der Waals surface area contributed by atoms with E-state index in [1.54, 1.807) is 26.1 Å². The maximum Gasteiger partial charge on any atom is 0.150 e. The van der Waals surface area contributed by atoms with Crippen molar-refractivity contribution < 1.29 is 4.79 Å². The van der Waals surface area contributed by atoms with Gasteiger partial charge in [-0.05, 0) is 24.6 Å². The molecule has 0 aliphatic heterocycles. The van der Waals surface area contributed by atoms with Crippen molar-refractivity contribution in [2.45, 2.75) is 6.92 Å². The molecule has 0 aromatic heterocycles. The summed E-state index contributed by atoms with van der Waals surface area (Å²) in [7, 11) is 1.70. The minimum atomic E-state index is 0.551. The standard InChI is InChI=1S/C9H13N3O/c1-6-7(5-13)3-4-8(9(6)10)12(2)11/h3-5H,10-11H2,1-2H3. The highest BCUT2D eigenvalue weighted by molar-refractivity contribution is 5.84. The molecule has 0 fully saturated rings. The van der Waals surface area contributed by atoms with Crippen molar-refractivity contribution in [3.05, 3.63) is 23.3 Å². The quantitative estimate of drug-likeness (QED) is 0.303. The Kier molecular flexibility index (Phi) is 2.53. The van der Waals surface area contributed by atoms with Gasteiger partial charge in [0.1, 0.15) is 6.29 Å². The number of carbonyl (C=O) groups is 1. The second-order valence-corrected chi connectivity index (χ2v) is 2.94. The third-order valence-electron chi connectivity index (χ3n) is 2.04. The highest BCUT2D eigenvalue weighted by Gasteiger charge is 2.07. The summed E-state index contributed by atoms with van der Waals surface area (Å²) in [6.45, 7) is 1.80. The van der Waals surface area contributed by atoms with Gasteiger partial charge in [-0.25, -0.2) is 5.84 Å². The lowest BCUT2D eigenvalue weighted by molar-refractivity contribution is 0.112. The molecule has 0 radical (unpaired) electrons. The Morgan fingerprint density at radius 2 is 2.08 bits per heavy atom. The van der Waals surface area contributed by atoms with E-state index in [0.29, 0.717) is 11.3 Å². The molecule has 0 aliphatic carbocycles. The Balaban J connectivity index is 3.31. The van der Waals surface area contributed by atoms with Crippen molar-refractivity contribution >= 4 is 17.7 Å². The van der Waals surface area contributed by atoms with Crippen molar-refractivity contribution in [1.29, 1.82) is 0 Å². The lowest BCUT2D eigenvalue weighted by Gasteiger charge is -2.16. The molecule has 4 heteroatoms. The zero-order valence-corrected chi connectivity index (χ0v) is 7.74. The van der Waals surface area contributed by atoms with Gasteiger partial charge in [0.05, 0.1) is 11.4 Å². The number of hydrazine groups is 1. The molecule has 4 nitrogen and oxygen atoms in total. The summed E-state index contributed by atoms with van der Waals surface area (Å²) in [5.41, 5.74) is 8.42. The van der Waals surface area contributed by atoms with Crippen LogP contribution in [0.3, 0.4) is 0 Å². The van der Waals surface area contributed by atoms with Crippen LogP contribution in [0.25, 0.3) is 0 Å². The van der Waals surface area contributed by atoms with Crippen molar-refractivity contribution in [3.8, 4) is 0 Å². The molecule has 4 N–H and O–H groups in total. The van der Waals surface area contributed by atoms with Crippen LogP contribution in [-0.2, 0) is 0 Å². The summed E-state index contributed by atoms with van der Waals surface area (Å²) in [5.74, 6) is 5.54. The van der Waals surface area contributed by atoms with Crippen LogP contribution in [0.1, 0.15) is 15.9 Å². The number of nitrogens with two attached hydrogens (primary N) is 2. The van der Waals surface area contributed by atoms with Crippen LogP contribution < -0.4 is 16.6 Å². The highest BCUT2D eigenvalue weighted by Crippen LogP contribution is 2.25. The molecule has 0 saturated heterocycles. The number of carbonyl (C=O) groups excluding carboxylic acids is 1. The number of nitrogens with zero attached hydrogens (tertiary/aromatic N) is 1. The minimum absolute atomic E-state index is 0.551.